The fraction of sp³-hybridized carbons (Fsp3) is 0.333. The normalized spacial score (nSPS) is 18.0. The zero-order chi connectivity index (χ0) is 15.4. The molecule has 1 aliphatic heterocycles. The van der Waals surface area contributed by atoms with E-state index in [9.17, 15) is 9.59 Å². The summed E-state index contributed by atoms with van der Waals surface area (Å²) in [5, 5.41) is 5.79. The molecule has 0 radical (unpaired) electrons. The Balaban J connectivity index is 2.41. The molecule has 5 nitrogen and oxygen atoms in total. The zero-order valence-electron chi connectivity index (χ0n) is 11.9. The number of nitrogens with one attached hydrogen (secondary N) is 2. The molecule has 0 aromatic heterocycles. The lowest BCUT2D eigenvalue weighted by Gasteiger charge is -2.28. The van der Waals surface area contributed by atoms with Gasteiger partial charge in [-0.25, -0.2) is 9.59 Å². The van der Waals surface area contributed by atoms with Gasteiger partial charge < -0.3 is 15.4 Å². The van der Waals surface area contributed by atoms with E-state index in [0.29, 0.717) is 28.5 Å². The molecule has 21 heavy (non-hydrogen) atoms. The SMILES string of the molecule is CCCOC(=O)C1=C(C)NC(=O)N[C@@H]1c1ccccc1Cl. The van der Waals surface area contributed by atoms with E-state index in [1.54, 1.807) is 31.2 Å². The number of halogens is 1. The minimum Gasteiger partial charge on any atom is -0.462 e. The van der Waals surface area contributed by atoms with Crippen LogP contribution in [-0.2, 0) is 9.53 Å². The van der Waals surface area contributed by atoms with Crippen LogP contribution in [0, 0.1) is 0 Å². The minimum absolute atomic E-state index is 0.332. The lowest BCUT2D eigenvalue weighted by Crippen LogP contribution is -2.45. The average Bonchev–Trinajstić information content (AvgIpc) is 2.44. The van der Waals surface area contributed by atoms with Gasteiger partial charge in [0.1, 0.15) is 0 Å². The molecular formula is C15H17ClN2O3. The van der Waals surface area contributed by atoms with Crippen LogP contribution in [0.3, 0.4) is 0 Å². The van der Waals surface area contributed by atoms with E-state index in [1.165, 1.54) is 0 Å². The van der Waals surface area contributed by atoms with Crippen molar-refractivity contribution in [3.8, 4) is 0 Å². The molecule has 112 valence electrons. The molecule has 1 aromatic carbocycles. The Hall–Kier alpha value is -2.01. The molecule has 1 aromatic rings. The number of urea groups is 1. The van der Waals surface area contributed by atoms with Crippen molar-refractivity contribution >= 4 is 23.6 Å². The predicted octanol–water partition coefficient (Wildman–Crippen LogP) is 2.92. The van der Waals surface area contributed by atoms with E-state index in [0.717, 1.165) is 6.42 Å². The van der Waals surface area contributed by atoms with Gasteiger partial charge >= 0.3 is 12.0 Å². The van der Waals surface area contributed by atoms with Gasteiger partial charge in [-0.05, 0) is 25.0 Å². The first-order valence-electron chi connectivity index (χ1n) is 6.74. The van der Waals surface area contributed by atoms with Gasteiger partial charge in [-0.15, -0.1) is 0 Å². The summed E-state index contributed by atoms with van der Waals surface area (Å²) in [4.78, 5) is 24.0. The van der Waals surface area contributed by atoms with Crippen molar-refractivity contribution in [1.82, 2.24) is 10.6 Å². The number of hydrogen-bond donors (Lipinski definition) is 2. The molecule has 0 bridgehead atoms. The standard InChI is InChI=1S/C15H17ClN2O3/c1-3-8-21-14(19)12-9(2)17-15(20)18-13(12)10-6-4-5-7-11(10)16/h4-7,13H,3,8H2,1-2H3,(H2,17,18,20)/t13-/m1/s1. The van der Waals surface area contributed by atoms with Crippen LogP contribution in [0.25, 0.3) is 0 Å². The summed E-state index contributed by atoms with van der Waals surface area (Å²) in [6, 6.07) is 6.11. The van der Waals surface area contributed by atoms with Gasteiger partial charge in [-0.3, -0.25) is 0 Å². The number of benzene rings is 1. The Kier molecular flexibility index (Phi) is 4.85. The first kappa shape index (κ1) is 15.4. The van der Waals surface area contributed by atoms with Crippen LogP contribution in [0.4, 0.5) is 4.79 Å². The lowest BCUT2D eigenvalue weighted by atomic mass is 9.95. The second-order valence-corrected chi connectivity index (χ2v) is 5.13. The molecule has 1 aliphatic rings. The first-order valence-corrected chi connectivity index (χ1v) is 7.12. The largest absolute Gasteiger partial charge is 0.462 e. The van der Waals surface area contributed by atoms with Crippen molar-refractivity contribution in [2.24, 2.45) is 0 Å². The molecular weight excluding hydrogens is 292 g/mol. The van der Waals surface area contributed by atoms with Crippen LogP contribution in [0.2, 0.25) is 5.02 Å². The van der Waals surface area contributed by atoms with E-state index >= 15 is 0 Å². The summed E-state index contributed by atoms with van der Waals surface area (Å²) in [7, 11) is 0. The second kappa shape index (κ2) is 6.63. The molecule has 2 rings (SSSR count). The first-order chi connectivity index (χ1) is 10.0. The number of amides is 2. The number of rotatable bonds is 4. The third kappa shape index (κ3) is 3.36. The Morgan fingerprint density at radius 3 is 2.76 bits per heavy atom. The molecule has 2 N–H and O–H groups in total. The average molecular weight is 309 g/mol. The number of hydrogen-bond acceptors (Lipinski definition) is 3. The lowest BCUT2D eigenvalue weighted by molar-refractivity contribution is -0.139. The monoisotopic (exact) mass is 308 g/mol. The van der Waals surface area contributed by atoms with Gasteiger partial charge in [0, 0.05) is 10.7 Å². The number of allylic oxidation sites excluding steroid dienone is 1. The van der Waals surface area contributed by atoms with Crippen molar-refractivity contribution in [3.05, 3.63) is 46.1 Å². The van der Waals surface area contributed by atoms with Crippen molar-refractivity contribution < 1.29 is 14.3 Å². The van der Waals surface area contributed by atoms with E-state index in [4.69, 9.17) is 16.3 Å². The Labute approximate surface area is 128 Å². The molecule has 2 amide bonds. The fourth-order valence-corrected chi connectivity index (χ4v) is 2.42. The van der Waals surface area contributed by atoms with Gasteiger partial charge in [0.2, 0.25) is 0 Å². The quantitative estimate of drug-likeness (QED) is 0.840. The maximum Gasteiger partial charge on any atom is 0.338 e. The van der Waals surface area contributed by atoms with Gasteiger partial charge in [0.25, 0.3) is 0 Å². The summed E-state index contributed by atoms with van der Waals surface area (Å²) >= 11 is 6.18. The van der Waals surface area contributed by atoms with E-state index in [-0.39, 0.29) is 6.03 Å². The minimum atomic E-state index is -0.614. The Bertz CT molecular complexity index is 598. The highest BCUT2D eigenvalue weighted by atomic mass is 35.5. The van der Waals surface area contributed by atoms with Crippen LogP contribution in [0.5, 0.6) is 0 Å². The number of ether oxygens (including phenoxy) is 1. The predicted molar refractivity (Wildman–Crippen MR) is 79.8 cm³/mol. The van der Waals surface area contributed by atoms with Crippen LogP contribution < -0.4 is 10.6 Å². The van der Waals surface area contributed by atoms with Crippen LogP contribution in [0.1, 0.15) is 31.9 Å². The molecule has 0 fully saturated rings. The van der Waals surface area contributed by atoms with Gasteiger partial charge in [0.05, 0.1) is 18.2 Å². The third-order valence-electron chi connectivity index (χ3n) is 3.14. The maximum atomic E-state index is 12.3. The highest BCUT2D eigenvalue weighted by Gasteiger charge is 2.33. The molecule has 0 aliphatic carbocycles. The summed E-state index contributed by atoms with van der Waals surface area (Å²) < 4.78 is 5.20. The van der Waals surface area contributed by atoms with E-state index in [1.807, 2.05) is 6.92 Å². The second-order valence-electron chi connectivity index (χ2n) is 4.73. The van der Waals surface area contributed by atoms with Crippen molar-refractivity contribution in [2.75, 3.05) is 6.61 Å². The molecule has 0 saturated carbocycles. The zero-order valence-corrected chi connectivity index (χ0v) is 12.7. The fourth-order valence-electron chi connectivity index (χ4n) is 2.18. The van der Waals surface area contributed by atoms with E-state index < -0.39 is 12.0 Å². The summed E-state index contributed by atoms with van der Waals surface area (Å²) in [6.07, 6.45) is 0.731. The van der Waals surface area contributed by atoms with E-state index in [2.05, 4.69) is 10.6 Å². The molecule has 0 spiro atoms. The van der Waals surface area contributed by atoms with Crippen molar-refractivity contribution in [3.63, 3.8) is 0 Å². The molecule has 1 atom stereocenters. The molecule has 0 saturated heterocycles. The smallest absolute Gasteiger partial charge is 0.338 e. The highest BCUT2D eigenvalue weighted by Crippen LogP contribution is 2.31. The van der Waals surface area contributed by atoms with Crippen LogP contribution >= 0.6 is 11.6 Å². The highest BCUT2D eigenvalue weighted by molar-refractivity contribution is 6.31. The maximum absolute atomic E-state index is 12.3. The van der Waals surface area contributed by atoms with Crippen LogP contribution in [0.15, 0.2) is 35.5 Å². The topological polar surface area (TPSA) is 67.4 Å². The molecule has 0 unspecified atom stereocenters. The third-order valence-corrected chi connectivity index (χ3v) is 3.49. The van der Waals surface area contributed by atoms with Gasteiger partial charge in [-0.2, -0.15) is 0 Å². The summed E-state index contributed by atoms with van der Waals surface area (Å²) in [5.74, 6) is -0.452. The summed E-state index contributed by atoms with van der Waals surface area (Å²) in [6.45, 7) is 3.92. The number of esters is 1. The number of carbonyl (C=O) groups is 2. The number of carbonyl (C=O) groups excluding carboxylic acids is 2. The van der Waals surface area contributed by atoms with Gasteiger partial charge in [-0.1, -0.05) is 36.7 Å². The van der Waals surface area contributed by atoms with Gasteiger partial charge in [0.15, 0.2) is 0 Å². The van der Waals surface area contributed by atoms with Crippen LogP contribution in [-0.4, -0.2) is 18.6 Å². The molecule has 6 heteroatoms. The Morgan fingerprint density at radius 2 is 2.10 bits per heavy atom. The summed E-state index contributed by atoms with van der Waals surface area (Å²) in [5.41, 5.74) is 1.51. The van der Waals surface area contributed by atoms with Crippen molar-refractivity contribution in [1.29, 1.82) is 0 Å². The van der Waals surface area contributed by atoms with Crippen molar-refractivity contribution in [2.45, 2.75) is 26.3 Å². The Morgan fingerprint density at radius 1 is 1.38 bits per heavy atom. The molecule has 1 heterocycles.